The number of nitrogens with one attached hydrogen (secondary N) is 3. The molecule has 0 aliphatic carbocycles. The second-order valence-corrected chi connectivity index (χ2v) is 7.59. The number of aromatic nitrogens is 1. The van der Waals surface area contributed by atoms with Crippen molar-refractivity contribution >= 4 is 5.91 Å². The maximum atomic E-state index is 12.4. The van der Waals surface area contributed by atoms with E-state index in [1.807, 2.05) is 25.1 Å². The summed E-state index contributed by atoms with van der Waals surface area (Å²) in [5.74, 6) is 2.58. The van der Waals surface area contributed by atoms with Crippen LogP contribution in [-0.4, -0.2) is 65.1 Å². The number of hydrogen-bond donors (Lipinski definition) is 3. The summed E-state index contributed by atoms with van der Waals surface area (Å²) in [6.45, 7) is 7.62. The summed E-state index contributed by atoms with van der Waals surface area (Å²) in [7, 11) is 4.72. The Morgan fingerprint density at radius 2 is 1.67 bits per heavy atom. The minimum absolute atomic E-state index is 0.0364. The van der Waals surface area contributed by atoms with Crippen LogP contribution < -0.4 is 29.3 Å². The summed E-state index contributed by atoms with van der Waals surface area (Å²) in [6.07, 6.45) is 0. The number of amides is 1. The standard InChI is InChI=1S/C21H30N4O5/c1-15-9-17(23-30-15)13-24-5-7-25(8-6-24)14-20(26)22-12-16-10-18(27-2)21(29-4)19(11-16)28-3/h9-11H,5-8,12-14H2,1-4H3,(H,22,26)/p+2. The summed E-state index contributed by atoms with van der Waals surface area (Å²) in [4.78, 5) is 15.2. The van der Waals surface area contributed by atoms with Gasteiger partial charge in [-0.1, -0.05) is 5.16 Å². The van der Waals surface area contributed by atoms with Crippen molar-refractivity contribution in [1.82, 2.24) is 10.5 Å². The van der Waals surface area contributed by atoms with Gasteiger partial charge in [0.1, 0.15) is 44.2 Å². The molecular weight excluding hydrogens is 388 g/mol. The van der Waals surface area contributed by atoms with E-state index in [-0.39, 0.29) is 5.91 Å². The van der Waals surface area contributed by atoms with E-state index in [2.05, 4.69) is 10.5 Å². The highest BCUT2D eigenvalue weighted by atomic mass is 16.5. The number of nitrogens with zero attached hydrogens (tertiary/aromatic N) is 1. The molecule has 9 nitrogen and oxygen atoms in total. The third kappa shape index (κ3) is 5.64. The van der Waals surface area contributed by atoms with Gasteiger partial charge in [0.15, 0.2) is 18.0 Å². The van der Waals surface area contributed by atoms with Crippen LogP contribution in [0.3, 0.4) is 0 Å². The molecule has 1 aliphatic heterocycles. The molecule has 0 spiro atoms. The number of ether oxygens (including phenoxy) is 3. The quantitative estimate of drug-likeness (QED) is 0.463. The molecule has 1 saturated heterocycles. The molecule has 3 rings (SSSR count). The molecule has 9 heteroatoms. The second-order valence-electron chi connectivity index (χ2n) is 7.59. The van der Waals surface area contributed by atoms with Crippen LogP contribution in [-0.2, 0) is 17.9 Å². The van der Waals surface area contributed by atoms with Gasteiger partial charge in [-0.05, 0) is 24.6 Å². The zero-order chi connectivity index (χ0) is 21.5. The second kappa shape index (κ2) is 10.3. The SMILES string of the molecule is COc1cc(CNC(=O)C[NH+]2CC[NH+](Cc3cc(C)on3)CC2)cc(OC)c1OC. The first-order chi connectivity index (χ1) is 14.5. The van der Waals surface area contributed by atoms with E-state index in [9.17, 15) is 4.79 Å². The number of quaternary nitrogens is 2. The third-order valence-electron chi connectivity index (χ3n) is 5.40. The Hall–Kier alpha value is -2.78. The van der Waals surface area contributed by atoms with Gasteiger partial charge < -0.3 is 33.9 Å². The highest BCUT2D eigenvalue weighted by Crippen LogP contribution is 2.38. The van der Waals surface area contributed by atoms with Crippen LogP contribution in [0.15, 0.2) is 22.7 Å². The average Bonchev–Trinajstić information content (AvgIpc) is 3.17. The number of carbonyl (C=O) groups excluding carboxylic acids is 1. The molecule has 3 N–H and O–H groups in total. The van der Waals surface area contributed by atoms with Gasteiger partial charge in [-0.25, -0.2) is 0 Å². The van der Waals surface area contributed by atoms with Gasteiger partial charge in [0.2, 0.25) is 5.75 Å². The lowest BCUT2D eigenvalue weighted by Crippen LogP contribution is -3.28. The number of rotatable bonds is 9. The van der Waals surface area contributed by atoms with Gasteiger partial charge in [0.25, 0.3) is 5.91 Å². The molecule has 1 amide bonds. The molecule has 1 aromatic carbocycles. The highest BCUT2D eigenvalue weighted by molar-refractivity contribution is 5.76. The first kappa shape index (κ1) is 21.9. The van der Waals surface area contributed by atoms with Gasteiger partial charge in [-0.2, -0.15) is 0 Å². The average molecular weight is 421 g/mol. The van der Waals surface area contributed by atoms with Gasteiger partial charge in [-0.3, -0.25) is 4.79 Å². The monoisotopic (exact) mass is 420 g/mol. The van der Waals surface area contributed by atoms with Crippen molar-refractivity contribution in [2.75, 3.05) is 54.1 Å². The summed E-state index contributed by atoms with van der Waals surface area (Å²) < 4.78 is 21.2. The summed E-state index contributed by atoms with van der Waals surface area (Å²) in [5, 5.41) is 7.07. The number of methoxy groups -OCH3 is 3. The lowest BCUT2D eigenvalue weighted by molar-refractivity contribution is -1.02. The molecule has 1 aliphatic rings. The Morgan fingerprint density at radius 3 is 2.20 bits per heavy atom. The maximum Gasteiger partial charge on any atom is 0.275 e. The molecule has 164 valence electrons. The molecule has 2 aromatic rings. The number of piperazine rings is 1. The number of aryl methyl sites for hydroxylation is 1. The van der Waals surface area contributed by atoms with Crippen molar-refractivity contribution < 1.29 is 33.3 Å². The Kier molecular flexibility index (Phi) is 7.53. The van der Waals surface area contributed by atoms with E-state index < -0.39 is 0 Å². The zero-order valence-corrected chi connectivity index (χ0v) is 18.2. The lowest BCUT2D eigenvalue weighted by atomic mass is 10.1. The van der Waals surface area contributed by atoms with Gasteiger partial charge in [-0.15, -0.1) is 0 Å². The first-order valence-corrected chi connectivity index (χ1v) is 10.2. The van der Waals surface area contributed by atoms with Crippen LogP contribution in [0.2, 0.25) is 0 Å². The van der Waals surface area contributed by atoms with Crippen molar-refractivity contribution in [3.63, 3.8) is 0 Å². The Morgan fingerprint density at radius 1 is 1.03 bits per heavy atom. The Balaban J connectivity index is 1.45. The van der Waals surface area contributed by atoms with Crippen LogP contribution in [0.25, 0.3) is 0 Å². The fourth-order valence-electron chi connectivity index (χ4n) is 3.80. The van der Waals surface area contributed by atoms with Gasteiger partial charge >= 0.3 is 0 Å². The topological polar surface area (TPSA) is 91.7 Å². The van der Waals surface area contributed by atoms with Crippen molar-refractivity contribution in [3.8, 4) is 17.2 Å². The largest absolute Gasteiger partial charge is 0.493 e. The van der Waals surface area contributed by atoms with Crippen molar-refractivity contribution in [3.05, 3.63) is 35.2 Å². The van der Waals surface area contributed by atoms with Crippen molar-refractivity contribution in [2.45, 2.75) is 20.0 Å². The summed E-state index contributed by atoms with van der Waals surface area (Å²) >= 11 is 0. The van der Waals surface area contributed by atoms with E-state index in [1.165, 1.54) is 9.80 Å². The van der Waals surface area contributed by atoms with Crippen molar-refractivity contribution in [2.24, 2.45) is 0 Å². The van der Waals surface area contributed by atoms with E-state index in [0.717, 1.165) is 49.7 Å². The van der Waals surface area contributed by atoms with E-state index in [4.69, 9.17) is 18.7 Å². The van der Waals surface area contributed by atoms with Crippen LogP contribution >= 0.6 is 0 Å². The van der Waals surface area contributed by atoms with Crippen molar-refractivity contribution in [1.29, 1.82) is 0 Å². The zero-order valence-electron chi connectivity index (χ0n) is 18.2. The van der Waals surface area contributed by atoms with E-state index in [1.54, 1.807) is 21.3 Å². The first-order valence-electron chi connectivity index (χ1n) is 10.2. The molecule has 30 heavy (non-hydrogen) atoms. The minimum Gasteiger partial charge on any atom is -0.493 e. The van der Waals surface area contributed by atoms with Gasteiger partial charge in [0, 0.05) is 12.6 Å². The molecule has 0 atom stereocenters. The van der Waals surface area contributed by atoms with Gasteiger partial charge in [0.05, 0.1) is 21.3 Å². The molecule has 1 aromatic heterocycles. The van der Waals surface area contributed by atoms with Crippen LogP contribution in [0.5, 0.6) is 17.2 Å². The molecule has 0 unspecified atom stereocenters. The highest BCUT2D eigenvalue weighted by Gasteiger charge is 2.25. The summed E-state index contributed by atoms with van der Waals surface area (Å²) in [5.41, 5.74) is 1.89. The number of hydrogen-bond acceptors (Lipinski definition) is 6. The van der Waals surface area contributed by atoms with Crippen LogP contribution in [0, 0.1) is 6.92 Å². The predicted octanol–water partition coefficient (Wildman–Crippen LogP) is -1.39. The Bertz CT molecular complexity index is 821. The fourth-order valence-corrected chi connectivity index (χ4v) is 3.80. The minimum atomic E-state index is 0.0364. The summed E-state index contributed by atoms with van der Waals surface area (Å²) in [6, 6.07) is 5.69. The van der Waals surface area contributed by atoms with Crippen LogP contribution in [0.1, 0.15) is 17.0 Å². The molecule has 0 bridgehead atoms. The predicted molar refractivity (Wildman–Crippen MR) is 109 cm³/mol. The van der Waals surface area contributed by atoms with E-state index in [0.29, 0.717) is 30.3 Å². The van der Waals surface area contributed by atoms with Crippen LogP contribution in [0.4, 0.5) is 0 Å². The maximum absolute atomic E-state index is 12.4. The smallest absolute Gasteiger partial charge is 0.275 e. The number of benzene rings is 1. The van der Waals surface area contributed by atoms with E-state index >= 15 is 0 Å². The normalized spacial score (nSPS) is 18.7. The Labute approximate surface area is 176 Å². The lowest BCUT2D eigenvalue weighted by Gasteiger charge is -2.28. The molecule has 2 heterocycles. The molecule has 0 radical (unpaired) electrons. The number of carbonyl (C=O) groups is 1. The fraction of sp³-hybridized carbons (Fsp3) is 0.524. The molecular formula is C21H32N4O5+2. The molecule has 0 saturated carbocycles. The third-order valence-corrected chi connectivity index (χ3v) is 5.40. The molecule has 1 fully saturated rings.